The number of hydrogen-bond acceptors (Lipinski definition) is 5. The summed E-state index contributed by atoms with van der Waals surface area (Å²) in [5.41, 5.74) is 5.72. The number of nitrogens with zero attached hydrogens (tertiary/aromatic N) is 2. The maximum Gasteiger partial charge on any atom is 0.307 e. The van der Waals surface area contributed by atoms with Gasteiger partial charge < -0.3 is 14.1 Å². The van der Waals surface area contributed by atoms with Crippen LogP contribution in [0, 0.1) is 5.82 Å². The number of furan rings is 1. The Balaban J connectivity index is 1.57. The van der Waals surface area contributed by atoms with E-state index in [9.17, 15) is 9.18 Å². The number of nitrogens with one attached hydrogen (secondary N) is 1. The van der Waals surface area contributed by atoms with E-state index >= 15 is 0 Å². The summed E-state index contributed by atoms with van der Waals surface area (Å²) >= 11 is 3.40. The maximum atomic E-state index is 14.8. The Morgan fingerprint density at radius 2 is 2.03 bits per heavy atom. The predicted molar refractivity (Wildman–Crippen MR) is 128 cm³/mol. The lowest BCUT2D eigenvalue weighted by atomic mass is 9.88. The van der Waals surface area contributed by atoms with Gasteiger partial charge in [-0.1, -0.05) is 22.0 Å². The minimum atomic E-state index is -0.549. The third-order valence-corrected chi connectivity index (χ3v) is 6.15. The van der Waals surface area contributed by atoms with Gasteiger partial charge in [0.1, 0.15) is 5.82 Å². The Bertz CT molecular complexity index is 1290. The fraction of sp³-hybridized carbons (Fsp3) is 0.250. The van der Waals surface area contributed by atoms with E-state index in [0.717, 1.165) is 21.3 Å². The van der Waals surface area contributed by atoms with Crippen molar-refractivity contribution in [2.45, 2.75) is 26.3 Å². The van der Waals surface area contributed by atoms with Crippen molar-refractivity contribution >= 4 is 50.3 Å². The first-order chi connectivity index (χ1) is 15.1. The third kappa shape index (κ3) is 3.90. The number of carbonyl (C=O) groups is 1. The lowest BCUT2D eigenvalue weighted by Gasteiger charge is -2.40. The van der Waals surface area contributed by atoms with Crippen molar-refractivity contribution in [2.75, 3.05) is 19.1 Å². The molecule has 3 aromatic rings. The number of methoxy groups -OCH3 is 1. The third-order valence-electron chi connectivity index (χ3n) is 5.70. The van der Waals surface area contributed by atoms with Crippen molar-refractivity contribution in [2.24, 2.45) is 5.10 Å². The zero-order valence-electron chi connectivity index (χ0n) is 18.4. The first-order valence-electron chi connectivity index (χ1n) is 9.98. The van der Waals surface area contributed by atoms with Crippen LogP contribution < -0.4 is 15.1 Å². The largest absolute Gasteiger partial charge is 0.493 e. The number of rotatable bonds is 4. The second-order valence-corrected chi connectivity index (χ2v) is 9.18. The van der Waals surface area contributed by atoms with E-state index in [1.807, 2.05) is 24.9 Å². The normalized spacial score (nSPS) is 15.1. The van der Waals surface area contributed by atoms with Gasteiger partial charge in [-0.3, -0.25) is 4.79 Å². The number of ether oxygens (including phenoxy) is 1. The fourth-order valence-corrected chi connectivity index (χ4v) is 4.31. The molecule has 0 unspecified atom stereocenters. The molecule has 166 valence electrons. The summed E-state index contributed by atoms with van der Waals surface area (Å²) in [6, 6.07) is 8.40. The van der Waals surface area contributed by atoms with Gasteiger partial charge in [0.25, 0.3) is 0 Å². The molecule has 1 amide bonds. The Morgan fingerprint density at radius 1 is 1.28 bits per heavy atom. The predicted octanol–water partition coefficient (Wildman–Crippen LogP) is 5.74. The number of hydrazone groups is 1. The topological polar surface area (TPSA) is 67.1 Å². The molecule has 1 N–H and O–H groups in total. The molecule has 0 aliphatic carbocycles. The molecular formula is C24H23BrFN3O3. The molecule has 32 heavy (non-hydrogen) atoms. The van der Waals surface area contributed by atoms with Crippen LogP contribution >= 0.6 is 15.9 Å². The lowest BCUT2D eigenvalue weighted by Crippen LogP contribution is -2.42. The van der Waals surface area contributed by atoms with Gasteiger partial charge in [0.05, 0.1) is 18.9 Å². The number of carbonyl (C=O) groups excluding carboxylic acids is 1. The van der Waals surface area contributed by atoms with Crippen molar-refractivity contribution in [3.05, 3.63) is 63.6 Å². The molecule has 1 aromatic heterocycles. The van der Waals surface area contributed by atoms with Crippen molar-refractivity contribution in [1.29, 1.82) is 0 Å². The summed E-state index contributed by atoms with van der Waals surface area (Å²) in [4.78, 5) is 14.5. The van der Waals surface area contributed by atoms with Gasteiger partial charge in [0.2, 0.25) is 0 Å². The van der Waals surface area contributed by atoms with E-state index in [4.69, 9.17) is 9.15 Å². The first kappa shape index (κ1) is 22.1. The van der Waals surface area contributed by atoms with Crippen LogP contribution in [-0.2, 0) is 0 Å². The molecule has 0 bridgehead atoms. The van der Waals surface area contributed by atoms with Crippen molar-refractivity contribution in [1.82, 2.24) is 5.43 Å². The molecule has 0 saturated carbocycles. The highest BCUT2D eigenvalue weighted by molar-refractivity contribution is 9.10. The first-order valence-corrected chi connectivity index (χ1v) is 10.8. The average Bonchev–Trinajstić information content (AvgIpc) is 3.16. The van der Waals surface area contributed by atoms with Gasteiger partial charge in [-0.2, -0.15) is 5.10 Å². The SMILES string of the molecule is COc1cc(Br)cc2cc(C(=O)N/N=C\c3cc4c(cc3F)N(C)C(C)(C)C=C4C)oc12. The smallest absolute Gasteiger partial charge is 0.307 e. The van der Waals surface area contributed by atoms with Gasteiger partial charge >= 0.3 is 5.91 Å². The number of halogens is 2. The van der Waals surface area contributed by atoms with Gasteiger partial charge in [-0.15, -0.1) is 0 Å². The maximum absolute atomic E-state index is 14.8. The molecule has 1 aliphatic rings. The number of fused-ring (bicyclic) bond motifs is 2. The quantitative estimate of drug-likeness (QED) is 0.367. The molecule has 0 saturated heterocycles. The standard InChI is InChI=1S/C24H23BrFN3O3/c1-13-11-24(2,3)29(4)19-10-18(26)15(7-17(13)19)12-27-28-23(30)21-8-14-6-16(25)9-20(31-5)22(14)32-21/h6-12H,1-5H3,(H,28,30)/b27-12-. The number of anilines is 1. The summed E-state index contributed by atoms with van der Waals surface area (Å²) in [6.45, 7) is 6.16. The molecule has 8 heteroatoms. The minimum absolute atomic E-state index is 0.0714. The molecule has 4 rings (SSSR count). The van der Waals surface area contributed by atoms with Crippen LogP contribution in [0.3, 0.4) is 0 Å². The molecule has 0 radical (unpaired) electrons. The van der Waals surface area contributed by atoms with Gasteiger partial charge in [0, 0.05) is 33.7 Å². The lowest BCUT2D eigenvalue weighted by molar-refractivity contribution is 0.0929. The van der Waals surface area contributed by atoms with Crippen molar-refractivity contribution < 1.29 is 18.3 Å². The Kier molecular flexibility index (Phi) is 5.58. The van der Waals surface area contributed by atoms with Gasteiger partial charge in [-0.25, -0.2) is 9.82 Å². The van der Waals surface area contributed by atoms with Crippen LogP contribution in [0.15, 0.2) is 50.4 Å². The number of amides is 1. The molecule has 6 nitrogen and oxygen atoms in total. The zero-order valence-corrected chi connectivity index (χ0v) is 20.0. The van der Waals surface area contributed by atoms with E-state index in [2.05, 4.69) is 46.4 Å². The number of hydrogen-bond donors (Lipinski definition) is 1. The summed E-state index contributed by atoms with van der Waals surface area (Å²) < 4.78 is 26.5. The molecule has 0 atom stereocenters. The van der Waals surface area contributed by atoms with Crippen LogP contribution in [0.25, 0.3) is 16.5 Å². The summed E-state index contributed by atoms with van der Waals surface area (Å²) in [7, 11) is 3.46. The molecule has 0 spiro atoms. The Labute approximate surface area is 193 Å². The summed E-state index contributed by atoms with van der Waals surface area (Å²) in [5, 5.41) is 4.64. The van der Waals surface area contributed by atoms with E-state index in [-0.39, 0.29) is 16.9 Å². The summed E-state index contributed by atoms with van der Waals surface area (Å²) in [5.74, 6) is -0.393. The molecule has 2 heterocycles. The summed E-state index contributed by atoms with van der Waals surface area (Å²) in [6.07, 6.45) is 3.44. The van der Waals surface area contributed by atoms with Crippen LogP contribution in [0.2, 0.25) is 0 Å². The zero-order chi connectivity index (χ0) is 23.2. The Morgan fingerprint density at radius 3 is 2.75 bits per heavy atom. The molecular weight excluding hydrogens is 477 g/mol. The van der Waals surface area contributed by atoms with Crippen LogP contribution in [0.5, 0.6) is 5.75 Å². The Hall–Kier alpha value is -3.13. The average molecular weight is 500 g/mol. The van der Waals surface area contributed by atoms with E-state index in [0.29, 0.717) is 16.7 Å². The highest BCUT2D eigenvalue weighted by Crippen LogP contribution is 2.38. The fourth-order valence-electron chi connectivity index (χ4n) is 3.85. The van der Waals surface area contributed by atoms with Gasteiger partial charge in [0.15, 0.2) is 17.1 Å². The van der Waals surface area contributed by atoms with E-state index in [1.54, 1.807) is 18.2 Å². The minimum Gasteiger partial charge on any atom is -0.493 e. The molecule has 0 fully saturated rings. The number of benzene rings is 2. The van der Waals surface area contributed by atoms with Gasteiger partial charge in [-0.05, 0) is 56.7 Å². The number of allylic oxidation sites excluding steroid dienone is 1. The monoisotopic (exact) mass is 499 g/mol. The van der Waals surface area contributed by atoms with Crippen LogP contribution in [-0.4, -0.2) is 31.8 Å². The van der Waals surface area contributed by atoms with Crippen molar-refractivity contribution in [3.8, 4) is 5.75 Å². The molecule has 2 aromatic carbocycles. The van der Waals surface area contributed by atoms with E-state index in [1.165, 1.54) is 19.4 Å². The highest BCUT2D eigenvalue weighted by atomic mass is 79.9. The number of likely N-dealkylation sites (N-methyl/N-ethyl adjacent to an activating group) is 1. The second kappa shape index (κ2) is 8.09. The molecule has 1 aliphatic heterocycles. The van der Waals surface area contributed by atoms with Crippen LogP contribution in [0.4, 0.5) is 10.1 Å². The van der Waals surface area contributed by atoms with Crippen LogP contribution in [0.1, 0.15) is 42.5 Å². The van der Waals surface area contributed by atoms with E-state index < -0.39 is 11.7 Å². The van der Waals surface area contributed by atoms with Crippen molar-refractivity contribution in [3.63, 3.8) is 0 Å². The highest BCUT2D eigenvalue weighted by Gasteiger charge is 2.29. The second-order valence-electron chi connectivity index (χ2n) is 8.27.